The van der Waals surface area contributed by atoms with Crippen molar-refractivity contribution in [1.82, 2.24) is 19.1 Å². The predicted octanol–water partition coefficient (Wildman–Crippen LogP) is 3.30. The van der Waals surface area contributed by atoms with Crippen LogP contribution in [0.4, 0.5) is 0 Å². The molecule has 0 aliphatic carbocycles. The average molecular weight is 552 g/mol. The van der Waals surface area contributed by atoms with E-state index < -0.39 is 7.44 Å². The highest BCUT2D eigenvalue weighted by atomic mass is 31.2. The quantitative estimate of drug-likeness (QED) is 0.313. The number of benzene rings is 2. The molecule has 210 valence electrons. The zero-order valence-corrected chi connectivity index (χ0v) is 24.4. The number of likely N-dealkylation sites (N-methyl/N-ethyl adjacent to an activating group) is 1. The SMILES string of the molecule is [B]C1CN(C)CC(COCP(=O)(N(C)C)N2CCN(C(=O)CCC(c3ccccc3)c3ccccc3)CC2)O1. The summed E-state index contributed by atoms with van der Waals surface area (Å²) in [4.78, 5) is 17.3. The Hall–Kier alpha value is -2.00. The van der Waals surface area contributed by atoms with E-state index in [-0.39, 0.29) is 30.3 Å². The Balaban J connectivity index is 1.29. The van der Waals surface area contributed by atoms with Crippen molar-refractivity contribution in [2.24, 2.45) is 0 Å². The Morgan fingerprint density at radius 3 is 2.15 bits per heavy atom. The molecule has 10 heteroatoms. The van der Waals surface area contributed by atoms with Gasteiger partial charge in [0.05, 0.1) is 12.7 Å². The third-order valence-corrected chi connectivity index (χ3v) is 10.7. The summed E-state index contributed by atoms with van der Waals surface area (Å²) in [6.45, 7) is 3.99. The third-order valence-electron chi connectivity index (χ3n) is 7.66. The highest BCUT2D eigenvalue weighted by molar-refractivity contribution is 7.58. The first-order chi connectivity index (χ1) is 18.8. The van der Waals surface area contributed by atoms with Gasteiger partial charge < -0.3 is 19.3 Å². The van der Waals surface area contributed by atoms with Crippen molar-refractivity contribution in [3.8, 4) is 0 Å². The van der Waals surface area contributed by atoms with E-state index in [9.17, 15) is 9.36 Å². The van der Waals surface area contributed by atoms with Crippen LogP contribution in [0.5, 0.6) is 0 Å². The summed E-state index contributed by atoms with van der Waals surface area (Å²) < 4.78 is 29.5. The van der Waals surface area contributed by atoms with Crippen LogP contribution in [0.3, 0.4) is 0 Å². The monoisotopic (exact) mass is 552 g/mol. The normalized spacial score (nSPS) is 22.7. The summed E-state index contributed by atoms with van der Waals surface area (Å²) in [6.07, 6.45) is 1.20. The van der Waals surface area contributed by atoms with Crippen molar-refractivity contribution in [2.45, 2.75) is 30.9 Å². The molecule has 0 spiro atoms. The smallest absolute Gasteiger partial charge is 0.241 e. The third kappa shape index (κ3) is 8.03. The second-order valence-corrected chi connectivity index (χ2v) is 13.7. The molecule has 2 aliphatic heterocycles. The summed E-state index contributed by atoms with van der Waals surface area (Å²) in [5, 5.41) is 0. The molecule has 3 unspecified atom stereocenters. The van der Waals surface area contributed by atoms with Gasteiger partial charge in [0.2, 0.25) is 13.4 Å². The molecule has 39 heavy (non-hydrogen) atoms. The minimum Gasteiger partial charge on any atom is -0.380 e. The van der Waals surface area contributed by atoms with E-state index in [0.717, 1.165) is 13.0 Å². The van der Waals surface area contributed by atoms with Crippen molar-refractivity contribution in [3.63, 3.8) is 0 Å². The van der Waals surface area contributed by atoms with Gasteiger partial charge in [-0.05, 0) is 38.7 Å². The zero-order valence-electron chi connectivity index (χ0n) is 23.5. The Morgan fingerprint density at radius 1 is 1.03 bits per heavy atom. The molecule has 3 atom stereocenters. The lowest BCUT2D eigenvalue weighted by molar-refractivity contribution is -0.132. The second kappa shape index (κ2) is 14.1. The predicted molar refractivity (Wildman–Crippen MR) is 156 cm³/mol. The number of hydrogen-bond acceptors (Lipinski definition) is 5. The summed E-state index contributed by atoms with van der Waals surface area (Å²) in [7, 11) is 8.69. The molecule has 4 rings (SSSR count). The summed E-state index contributed by atoms with van der Waals surface area (Å²) >= 11 is 0. The van der Waals surface area contributed by atoms with E-state index in [0.29, 0.717) is 45.8 Å². The van der Waals surface area contributed by atoms with Gasteiger partial charge in [-0.2, -0.15) is 0 Å². The summed E-state index contributed by atoms with van der Waals surface area (Å²) in [5.41, 5.74) is 2.45. The van der Waals surface area contributed by atoms with Gasteiger partial charge in [-0.3, -0.25) is 9.36 Å². The maximum Gasteiger partial charge on any atom is 0.241 e. The lowest BCUT2D eigenvalue weighted by atomic mass is 9.87. The van der Waals surface area contributed by atoms with Gasteiger partial charge in [-0.1, -0.05) is 60.7 Å². The first kappa shape index (κ1) is 30.0. The standard InChI is InChI=1S/C29H42BN4O4P/c1-31(2)39(36,23-37-22-26-20-32(3)21-28(30)38-26)34-18-16-33(17-19-34)29(35)15-14-27(24-10-6-4-7-11-24)25-12-8-5-9-13-25/h4-13,26-28H,14-23H2,1-3H3. The number of hydrogen-bond donors (Lipinski definition) is 0. The van der Waals surface area contributed by atoms with Crippen LogP contribution >= 0.6 is 7.44 Å². The van der Waals surface area contributed by atoms with Gasteiger partial charge in [0.15, 0.2) is 0 Å². The highest BCUT2D eigenvalue weighted by Gasteiger charge is 2.37. The van der Waals surface area contributed by atoms with Crippen LogP contribution in [0.2, 0.25) is 0 Å². The number of piperazine rings is 1. The molecule has 2 aromatic carbocycles. The average Bonchev–Trinajstić information content (AvgIpc) is 2.93. The van der Waals surface area contributed by atoms with E-state index in [1.165, 1.54) is 11.1 Å². The number of rotatable bonds is 11. The Kier molecular flexibility index (Phi) is 10.8. The molecular weight excluding hydrogens is 510 g/mol. The van der Waals surface area contributed by atoms with Crippen molar-refractivity contribution in [2.75, 3.05) is 73.4 Å². The minimum absolute atomic E-state index is 0.114. The fourth-order valence-electron chi connectivity index (χ4n) is 5.49. The lowest BCUT2D eigenvalue weighted by Crippen LogP contribution is -2.49. The molecule has 2 aromatic rings. The Labute approximate surface area is 235 Å². The van der Waals surface area contributed by atoms with Gasteiger partial charge in [0.25, 0.3) is 0 Å². The molecule has 2 radical (unpaired) electrons. The number of carbonyl (C=O) groups excluding carboxylic acids is 1. The van der Waals surface area contributed by atoms with Crippen LogP contribution in [-0.4, -0.2) is 118 Å². The van der Waals surface area contributed by atoms with E-state index in [4.69, 9.17) is 17.3 Å². The number of morpholine rings is 1. The van der Waals surface area contributed by atoms with Crippen molar-refractivity contribution < 1.29 is 18.8 Å². The molecule has 2 fully saturated rings. The first-order valence-electron chi connectivity index (χ1n) is 13.8. The second-order valence-electron chi connectivity index (χ2n) is 10.8. The maximum absolute atomic E-state index is 14.0. The molecule has 0 bridgehead atoms. The van der Waals surface area contributed by atoms with Crippen LogP contribution in [0.15, 0.2) is 60.7 Å². The Bertz CT molecular complexity index is 1040. The van der Waals surface area contributed by atoms with Gasteiger partial charge >= 0.3 is 0 Å². The van der Waals surface area contributed by atoms with Crippen LogP contribution in [0, 0.1) is 0 Å². The largest absolute Gasteiger partial charge is 0.380 e. The molecular formula is C29H42BN4O4P. The van der Waals surface area contributed by atoms with Crippen LogP contribution in [0.1, 0.15) is 29.9 Å². The number of carbonyl (C=O) groups is 1. The van der Waals surface area contributed by atoms with Gasteiger partial charge in [-0.15, -0.1) is 0 Å². The van der Waals surface area contributed by atoms with E-state index in [1.54, 1.807) is 4.67 Å². The first-order valence-corrected chi connectivity index (χ1v) is 15.6. The van der Waals surface area contributed by atoms with Crippen molar-refractivity contribution in [3.05, 3.63) is 71.8 Å². The molecule has 2 saturated heterocycles. The van der Waals surface area contributed by atoms with Crippen LogP contribution in [-0.2, 0) is 18.8 Å². The minimum atomic E-state index is -2.93. The van der Waals surface area contributed by atoms with Crippen LogP contribution < -0.4 is 0 Å². The highest BCUT2D eigenvalue weighted by Crippen LogP contribution is 2.51. The van der Waals surface area contributed by atoms with E-state index >= 15 is 0 Å². The number of ether oxygens (including phenoxy) is 2. The molecule has 0 N–H and O–H groups in total. The van der Waals surface area contributed by atoms with E-state index in [1.807, 2.05) is 42.8 Å². The maximum atomic E-state index is 14.0. The molecule has 1 amide bonds. The molecule has 8 nitrogen and oxygen atoms in total. The molecule has 0 saturated carbocycles. The summed E-state index contributed by atoms with van der Waals surface area (Å²) in [5.74, 6) is 0.323. The van der Waals surface area contributed by atoms with Crippen molar-refractivity contribution >= 4 is 21.2 Å². The van der Waals surface area contributed by atoms with Gasteiger partial charge in [0, 0.05) is 57.6 Å². The van der Waals surface area contributed by atoms with Crippen LogP contribution in [0.25, 0.3) is 0 Å². The van der Waals surface area contributed by atoms with Gasteiger partial charge in [-0.25, -0.2) is 9.34 Å². The number of amides is 1. The fourth-order valence-corrected chi connectivity index (χ4v) is 7.54. The topological polar surface area (TPSA) is 65.6 Å². The van der Waals surface area contributed by atoms with Crippen molar-refractivity contribution in [1.29, 1.82) is 0 Å². The lowest BCUT2D eigenvalue weighted by Gasteiger charge is -2.41. The van der Waals surface area contributed by atoms with Gasteiger partial charge in [0.1, 0.15) is 14.2 Å². The summed E-state index contributed by atoms with van der Waals surface area (Å²) in [6, 6.07) is 20.4. The zero-order chi connectivity index (χ0) is 27.8. The fraction of sp³-hybridized carbons (Fsp3) is 0.552. The Morgan fingerprint density at radius 2 is 1.62 bits per heavy atom. The number of nitrogens with zero attached hydrogens (tertiary/aromatic N) is 4. The van der Waals surface area contributed by atoms with E-state index in [2.05, 4.69) is 53.4 Å². The molecule has 2 aliphatic rings. The molecule has 2 heterocycles. The molecule has 0 aromatic heterocycles.